The lowest BCUT2D eigenvalue weighted by Crippen LogP contribution is -2.08. The number of carbonyl (C=O) groups is 2. The van der Waals surface area contributed by atoms with Gasteiger partial charge in [-0.2, -0.15) is 0 Å². The molecule has 0 fully saturated rings. The van der Waals surface area contributed by atoms with E-state index in [1.54, 1.807) is 32.0 Å². The van der Waals surface area contributed by atoms with Crippen molar-refractivity contribution in [3.05, 3.63) is 51.3 Å². The number of aryl methyl sites for hydroxylation is 1. The van der Waals surface area contributed by atoms with Gasteiger partial charge < -0.3 is 14.5 Å². The first-order valence-electron chi connectivity index (χ1n) is 7.04. The normalized spacial score (nSPS) is 10.5. The summed E-state index contributed by atoms with van der Waals surface area (Å²) in [6, 6.07) is 5.09. The Labute approximate surface area is 139 Å². The second-order valence-corrected chi connectivity index (χ2v) is 5.65. The number of hydrogen-bond donors (Lipinski definition) is 1. The summed E-state index contributed by atoms with van der Waals surface area (Å²) in [5.74, 6) is -0.0297. The molecule has 0 aliphatic carbocycles. The highest BCUT2D eigenvalue weighted by Crippen LogP contribution is 2.24. The van der Waals surface area contributed by atoms with E-state index in [0.717, 1.165) is 0 Å². The minimum absolute atomic E-state index is 0.0233. The summed E-state index contributed by atoms with van der Waals surface area (Å²) in [6.45, 7) is 4.96. The van der Waals surface area contributed by atoms with Crippen molar-refractivity contribution < 1.29 is 19.1 Å². The lowest BCUT2D eigenvalue weighted by molar-refractivity contribution is 0.0463. The van der Waals surface area contributed by atoms with Crippen molar-refractivity contribution in [2.24, 2.45) is 0 Å². The van der Waals surface area contributed by atoms with Crippen LogP contribution in [-0.4, -0.2) is 23.8 Å². The Hall–Kier alpha value is -2.27. The van der Waals surface area contributed by atoms with Gasteiger partial charge in [-0.25, -0.2) is 4.79 Å². The van der Waals surface area contributed by atoms with Crippen LogP contribution in [0.5, 0.6) is 5.75 Å². The largest absolute Gasteiger partial charge is 0.496 e. The summed E-state index contributed by atoms with van der Waals surface area (Å²) >= 11 is 5.95. The number of Topliss-reactive ketones (excluding diaryl/α,β-unsaturated/α-hetero) is 1. The van der Waals surface area contributed by atoms with Gasteiger partial charge in [0.05, 0.1) is 7.11 Å². The molecular formula is C17H18ClNO4. The molecule has 1 heterocycles. The molecule has 5 nitrogen and oxygen atoms in total. The Bertz CT molecular complexity index is 764. The minimum atomic E-state index is -0.528. The fourth-order valence-corrected chi connectivity index (χ4v) is 2.75. The summed E-state index contributed by atoms with van der Waals surface area (Å²) in [6.07, 6.45) is 0. The number of nitrogens with one attached hydrogen (secondary N) is 1. The second kappa shape index (κ2) is 6.87. The maximum absolute atomic E-state index is 12.3. The number of carbonyl (C=O) groups excluding carboxylic acids is 2. The average molecular weight is 336 g/mol. The minimum Gasteiger partial charge on any atom is -0.496 e. The number of H-pyrrole nitrogens is 1. The van der Waals surface area contributed by atoms with Gasteiger partial charge >= 0.3 is 5.97 Å². The maximum atomic E-state index is 12.3. The first-order chi connectivity index (χ1) is 10.8. The molecule has 0 radical (unpaired) electrons. The van der Waals surface area contributed by atoms with Crippen LogP contribution in [0.4, 0.5) is 0 Å². The Kier molecular flexibility index (Phi) is 5.11. The fraction of sp³-hybridized carbons (Fsp3) is 0.294. The van der Waals surface area contributed by atoms with E-state index >= 15 is 0 Å². The summed E-state index contributed by atoms with van der Waals surface area (Å²) in [5.41, 5.74) is 2.73. The monoisotopic (exact) mass is 335 g/mol. The first kappa shape index (κ1) is 17.1. The molecule has 1 N–H and O–H groups in total. The fourth-order valence-electron chi connectivity index (χ4n) is 2.56. The highest BCUT2D eigenvalue weighted by Gasteiger charge is 2.21. The van der Waals surface area contributed by atoms with Crippen molar-refractivity contribution in [3.63, 3.8) is 0 Å². The molecule has 0 saturated carbocycles. The van der Waals surface area contributed by atoms with Gasteiger partial charge in [0.1, 0.15) is 18.1 Å². The van der Waals surface area contributed by atoms with Crippen molar-refractivity contribution in [2.45, 2.75) is 27.4 Å². The van der Waals surface area contributed by atoms with Crippen molar-refractivity contribution >= 4 is 23.4 Å². The SMILES string of the molecule is COc1ccc(Cl)cc1COC(=O)c1[nH]c(C)c(C(C)=O)c1C. The van der Waals surface area contributed by atoms with E-state index < -0.39 is 5.97 Å². The molecule has 1 aromatic carbocycles. The van der Waals surface area contributed by atoms with E-state index in [2.05, 4.69) is 4.98 Å². The predicted octanol–water partition coefficient (Wildman–Crippen LogP) is 3.85. The third-order valence-electron chi connectivity index (χ3n) is 3.59. The number of esters is 1. The molecule has 0 aliphatic heterocycles. The van der Waals surface area contributed by atoms with Crippen LogP contribution in [0.3, 0.4) is 0 Å². The summed E-state index contributed by atoms with van der Waals surface area (Å²) < 4.78 is 10.5. The Morgan fingerprint density at radius 3 is 2.52 bits per heavy atom. The van der Waals surface area contributed by atoms with Crippen LogP contribution in [0.1, 0.15) is 44.6 Å². The summed E-state index contributed by atoms with van der Waals surface area (Å²) in [7, 11) is 1.53. The molecule has 2 aromatic rings. The Balaban J connectivity index is 2.19. The molecule has 0 saturated heterocycles. The molecule has 6 heteroatoms. The molecule has 1 aromatic heterocycles. The standard InChI is InChI=1S/C17H18ClNO4/c1-9-15(11(3)20)10(2)19-16(9)17(21)23-8-12-7-13(18)5-6-14(12)22-4/h5-7,19H,8H2,1-4H3. The van der Waals surface area contributed by atoms with Crippen LogP contribution in [0.25, 0.3) is 0 Å². The lowest BCUT2D eigenvalue weighted by Gasteiger charge is -2.09. The molecule has 23 heavy (non-hydrogen) atoms. The van der Waals surface area contributed by atoms with Crippen LogP contribution < -0.4 is 4.74 Å². The van der Waals surface area contributed by atoms with E-state index in [-0.39, 0.29) is 18.1 Å². The number of aromatic amines is 1. The van der Waals surface area contributed by atoms with Crippen molar-refractivity contribution in [1.29, 1.82) is 0 Å². The van der Waals surface area contributed by atoms with Gasteiger partial charge in [-0.15, -0.1) is 0 Å². The number of rotatable bonds is 5. The van der Waals surface area contributed by atoms with Crippen LogP contribution in [-0.2, 0) is 11.3 Å². The quantitative estimate of drug-likeness (QED) is 0.665. The summed E-state index contributed by atoms with van der Waals surface area (Å²) in [4.78, 5) is 26.8. The molecule has 0 aliphatic rings. The van der Waals surface area contributed by atoms with E-state index in [4.69, 9.17) is 21.1 Å². The van der Waals surface area contributed by atoms with Crippen molar-refractivity contribution in [2.75, 3.05) is 7.11 Å². The van der Waals surface area contributed by atoms with Gasteiger partial charge in [0, 0.05) is 21.8 Å². The predicted molar refractivity (Wildman–Crippen MR) is 87.4 cm³/mol. The number of ether oxygens (including phenoxy) is 2. The van der Waals surface area contributed by atoms with Gasteiger partial charge in [0.2, 0.25) is 0 Å². The molecule has 2 rings (SSSR count). The van der Waals surface area contributed by atoms with E-state index in [1.165, 1.54) is 14.0 Å². The first-order valence-corrected chi connectivity index (χ1v) is 7.42. The van der Waals surface area contributed by atoms with Crippen LogP contribution in [0.15, 0.2) is 18.2 Å². The third-order valence-corrected chi connectivity index (χ3v) is 3.83. The zero-order valence-corrected chi connectivity index (χ0v) is 14.2. The molecule has 122 valence electrons. The van der Waals surface area contributed by atoms with E-state index in [1.807, 2.05) is 0 Å². The average Bonchev–Trinajstić information content (AvgIpc) is 2.80. The van der Waals surface area contributed by atoms with Gasteiger partial charge in [-0.1, -0.05) is 11.6 Å². The Morgan fingerprint density at radius 1 is 1.26 bits per heavy atom. The van der Waals surface area contributed by atoms with Gasteiger partial charge in [0.25, 0.3) is 0 Å². The zero-order chi connectivity index (χ0) is 17.1. The van der Waals surface area contributed by atoms with Crippen LogP contribution in [0.2, 0.25) is 5.02 Å². The van der Waals surface area contributed by atoms with Crippen molar-refractivity contribution in [3.8, 4) is 5.75 Å². The highest BCUT2D eigenvalue weighted by molar-refractivity contribution is 6.30. The lowest BCUT2D eigenvalue weighted by atomic mass is 10.1. The maximum Gasteiger partial charge on any atom is 0.355 e. The molecule has 0 bridgehead atoms. The van der Waals surface area contributed by atoms with E-state index in [0.29, 0.717) is 33.2 Å². The Morgan fingerprint density at radius 2 is 1.96 bits per heavy atom. The molecule has 0 spiro atoms. The smallest absolute Gasteiger partial charge is 0.355 e. The number of aromatic nitrogens is 1. The van der Waals surface area contributed by atoms with E-state index in [9.17, 15) is 9.59 Å². The van der Waals surface area contributed by atoms with Gasteiger partial charge in [0.15, 0.2) is 5.78 Å². The number of benzene rings is 1. The number of halogens is 1. The zero-order valence-electron chi connectivity index (χ0n) is 13.5. The number of hydrogen-bond acceptors (Lipinski definition) is 4. The number of methoxy groups -OCH3 is 1. The molecule has 0 amide bonds. The molecule has 0 atom stereocenters. The van der Waals surface area contributed by atoms with Crippen LogP contribution in [0, 0.1) is 13.8 Å². The third kappa shape index (κ3) is 3.56. The van der Waals surface area contributed by atoms with Crippen LogP contribution >= 0.6 is 11.6 Å². The van der Waals surface area contributed by atoms with Gasteiger partial charge in [-0.05, 0) is 44.5 Å². The highest BCUT2D eigenvalue weighted by atomic mass is 35.5. The second-order valence-electron chi connectivity index (χ2n) is 5.21. The number of ketones is 1. The summed E-state index contributed by atoms with van der Waals surface area (Å²) in [5, 5.41) is 0.530. The molecular weight excluding hydrogens is 318 g/mol. The topological polar surface area (TPSA) is 68.4 Å². The van der Waals surface area contributed by atoms with Crippen molar-refractivity contribution in [1.82, 2.24) is 4.98 Å². The molecule has 0 unspecified atom stereocenters. The van der Waals surface area contributed by atoms with Gasteiger partial charge in [-0.3, -0.25) is 4.79 Å².